The number of hydrogen-bond acceptors (Lipinski definition) is 3. The van der Waals surface area contributed by atoms with E-state index in [2.05, 4.69) is 30.3 Å². The fourth-order valence-corrected chi connectivity index (χ4v) is 6.26. The maximum Gasteiger partial charge on any atom is 0.335 e. The highest BCUT2D eigenvalue weighted by atomic mass is 16.5. The van der Waals surface area contributed by atoms with Crippen LogP contribution < -0.4 is 4.74 Å². The predicted octanol–water partition coefficient (Wildman–Crippen LogP) is 5.81. The largest absolute Gasteiger partial charge is 0.491 e. The van der Waals surface area contributed by atoms with Gasteiger partial charge in [-0.25, -0.2) is 4.79 Å². The third kappa shape index (κ3) is 4.47. The number of aromatic carboxylic acids is 1. The summed E-state index contributed by atoms with van der Waals surface area (Å²) < 4.78 is 6.01. The van der Waals surface area contributed by atoms with Crippen LogP contribution in [0.1, 0.15) is 59.2 Å². The van der Waals surface area contributed by atoms with Crippen molar-refractivity contribution in [3.05, 3.63) is 101 Å². The molecule has 0 radical (unpaired) electrons. The summed E-state index contributed by atoms with van der Waals surface area (Å²) in [5, 5.41) is 21.2. The van der Waals surface area contributed by atoms with Crippen LogP contribution in [0.2, 0.25) is 0 Å². The first kappa shape index (κ1) is 22.7. The molecule has 176 valence electrons. The highest BCUT2D eigenvalue weighted by Gasteiger charge is 2.51. The zero-order valence-corrected chi connectivity index (χ0v) is 19.5. The van der Waals surface area contributed by atoms with Gasteiger partial charge >= 0.3 is 5.97 Å². The van der Waals surface area contributed by atoms with E-state index in [1.165, 1.54) is 11.1 Å². The van der Waals surface area contributed by atoms with E-state index in [4.69, 9.17) is 4.74 Å². The predicted molar refractivity (Wildman–Crippen MR) is 132 cm³/mol. The summed E-state index contributed by atoms with van der Waals surface area (Å²) in [6.45, 7) is 0.291. The molecule has 34 heavy (non-hydrogen) atoms. The van der Waals surface area contributed by atoms with Crippen molar-refractivity contribution in [3.63, 3.8) is 0 Å². The first-order valence-electron chi connectivity index (χ1n) is 12.3. The number of aliphatic hydroxyl groups is 1. The van der Waals surface area contributed by atoms with Gasteiger partial charge in [-0.3, -0.25) is 0 Å². The Kier molecular flexibility index (Phi) is 6.18. The molecule has 0 bridgehead atoms. The molecular formula is C30H32O4. The molecule has 0 spiro atoms. The summed E-state index contributed by atoms with van der Waals surface area (Å²) in [5.41, 5.74) is 3.08. The van der Waals surface area contributed by atoms with E-state index in [1.54, 1.807) is 6.07 Å². The van der Waals surface area contributed by atoms with Crippen molar-refractivity contribution in [2.24, 2.45) is 5.92 Å². The van der Waals surface area contributed by atoms with Crippen LogP contribution in [0.25, 0.3) is 0 Å². The molecule has 0 unspecified atom stereocenters. The topological polar surface area (TPSA) is 66.8 Å². The molecule has 0 aromatic heterocycles. The molecule has 2 aliphatic carbocycles. The second-order valence-corrected chi connectivity index (χ2v) is 10.1. The molecule has 1 fully saturated rings. The molecule has 2 aliphatic rings. The van der Waals surface area contributed by atoms with Crippen molar-refractivity contribution < 1.29 is 19.7 Å². The minimum atomic E-state index is -0.878. The van der Waals surface area contributed by atoms with Gasteiger partial charge in [0, 0.05) is 5.41 Å². The molecule has 5 rings (SSSR count). The average Bonchev–Trinajstić information content (AvgIpc) is 3.00. The second-order valence-electron chi connectivity index (χ2n) is 10.1. The van der Waals surface area contributed by atoms with Crippen molar-refractivity contribution in [1.29, 1.82) is 0 Å². The molecule has 3 aromatic carbocycles. The molecule has 0 aliphatic heterocycles. The second kappa shape index (κ2) is 9.27. The Morgan fingerprint density at radius 1 is 0.971 bits per heavy atom. The van der Waals surface area contributed by atoms with Crippen LogP contribution >= 0.6 is 0 Å². The van der Waals surface area contributed by atoms with Gasteiger partial charge in [0.25, 0.3) is 0 Å². The summed E-state index contributed by atoms with van der Waals surface area (Å²) in [7, 11) is 0. The van der Waals surface area contributed by atoms with Crippen LogP contribution in [0.3, 0.4) is 0 Å². The number of fused-ring (bicyclic) bond motifs is 3. The molecule has 4 nitrogen and oxygen atoms in total. The van der Waals surface area contributed by atoms with Gasteiger partial charge in [-0.15, -0.1) is 0 Å². The van der Waals surface area contributed by atoms with E-state index >= 15 is 0 Å². The van der Waals surface area contributed by atoms with Gasteiger partial charge in [-0.05, 0) is 91.8 Å². The Balaban J connectivity index is 1.49. The molecule has 0 heterocycles. The third-order valence-corrected chi connectivity index (χ3v) is 7.94. The number of carboxylic acids is 1. The van der Waals surface area contributed by atoms with Crippen molar-refractivity contribution >= 4 is 5.97 Å². The Bertz CT molecular complexity index is 1140. The number of rotatable bonds is 6. The number of ether oxygens (including phenoxy) is 1. The average molecular weight is 457 g/mol. The van der Waals surface area contributed by atoms with Crippen LogP contribution in [-0.4, -0.2) is 28.4 Å². The molecule has 4 heteroatoms. The lowest BCUT2D eigenvalue weighted by Crippen LogP contribution is -2.51. The summed E-state index contributed by atoms with van der Waals surface area (Å²) in [4.78, 5) is 11.7. The Labute approximate surface area is 201 Å². The zero-order valence-electron chi connectivity index (χ0n) is 19.5. The smallest absolute Gasteiger partial charge is 0.335 e. The van der Waals surface area contributed by atoms with E-state index < -0.39 is 11.6 Å². The van der Waals surface area contributed by atoms with Crippen molar-refractivity contribution in [1.82, 2.24) is 0 Å². The molecule has 1 saturated carbocycles. The van der Waals surface area contributed by atoms with Crippen molar-refractivity contribution in [2.45, 2.75) is 56.0 Å². The quantitative estimate of drug-likeness (QED) is 0.491. The lowest BCUT2D eigenvalue weighted by molar-refractivity contribution is -0.0740. The van der Waals surface area contributed by atoms with E-state index in [0.717, 1.165) is 43.4 Å². The van der Waals surface area contributed by atoms with Crippen LogP contribution in [0.4, 0.5) is 0 Å². The first-order chi connectivity index (χ1) is 16.5. The molecule has 2 N–H and O–H groups in total. The Hall–Kier alpha value is -3.11. The Morgan fingerprint density at radius 2 is 1.71 bits per heavy atom. The number of benzene rings is 3. The monoisotopic (exact) mass is 456 g/mol. The molecular weight excluding hydrogens is 424 g/mol. The van der Waals surface area contributed by atoms with E-state index in [1.807, 2.05) is 42.5 Å². The van der Waals surface area contributed by atoms with Gasteiger partial charge in [0.15, 0.2) is 0 Å². The van der Waals surface area contributed by atoms with Gasteiger partial charge in [-0.1, -0.05) is 54.6 Å². The summed E-state index contributed by atoms with van der Waals surface area (Å²) in [6, 6.07) is 26.0. The third-order valence-electron chi connectivity index (χ3n) is 7.94. The normalized spacial score (nSPS) is 26.1. The van der Waals surface area contributed by atoms with E-state index in [-0.39, 0.29) is 5.41 Å². The highest BCUT2D eigenvalue weighted by molar-refractivity contribution is 5.88. The minimum Gasteiger partial charge on any atom is -0.491 e. The van der Waals surface area contributed by atoms with E-state index in [9.17, 15) is 15.0 Å². The molecule has 0 saturated heterocycles. The van der Waals surface area contributed by atoms with Gasteiger partial charge in [-0.2, -0.15) is 0 Å². The van der Waals surface area contributed by atoms with Gasteiger partial charge in [0.05, 0.1) is 11.2 Å². The van der Waals surface area contributed by atoms with Gasteiger partial charge < -0.3 is 14.9 Å². The fraction of sp³-hybridized carbons (Fsp3) is 0.367. The van der Waals surface area contributed by atoms with Crippen LogP contribution in [0.5, 0.6) is 5.75 Å². The number of aryl methyl sites for hydroxylation is 1. The maximum atomic E-state index is 11.7. The summed E-state index contributed by atoms with van der Waals surface area (Å²) in [5.74, 6) is 0.198. The van der Waals surface area contributed by atoms with Crippen LogP contribution in [-0.2, 0) is 18.3 Å². The number of carbonyl (C=O) groups is 1. The van der Waals surface area contributed by atoms with Gasteiger partial charge in [0.2, 0.25) is 0 Å². The van der Waals surface area contributed by atoms with Gasteiger partial charge in [0.1, 0.15) is 12.4 Å². The fourth-order valence-electron chi connectivity index (χ4n) is 6.26. The first-order valence-corrected chi connectivity index (χ1v) is 12.3. The van der Waals surface area contributed by atoms with Crippen molar-refractivity contribution in [3.8, 4) is 5.75 Å². The molecule has 0 amide bonds. The summed E-state index contributed by atoms with van der Waals surface area (Å²) in [6.07, 6.45) is 5.97. The van der Waals surface area contributed by atoms with Crippen LogP contribution in [0, 0.1) is 5.92 Å². The van der Waals surface area contributed by atoms with Crippen molar-refractivity contribution in [2.75, 3.05) is 6.61 Å². The minimum absolute atomic E-state index is 0.122. The lowest BCUT2D eigenvalue weighted by Gasteiger charge is -2.50. The number of hydrogen-bond donors (Lipinski definition) is 2. The van der Waals surface area contributed by atoms with Crippen LogP contribution in [0.15, 0.2) is 78.9 Å². The Morgan fingerprint density at radius 3 is 2.44 bits per heavy atom. The molecule has 3 aromatic rings. The van der Waals surface area contributed by atoms with E-state index in [0.29, 0.717) is 30.9 Å². The highest BCUT2D eigenvalue weighted by Crippen LogP contribution is 2.53. The zero-order chi connectivity index (χ0) is 23.6. The lowest BCUT2D eigenvalue weighted by atomic mass is 9.56. The molecule has 3 atom stereocenters. The summed E-state index contributed by atoms with van der Waals surface area (Å²) >= 11 is 0. The standard InChI is InChI=1S/C30H32O4/c31-28(32)24-14-15-27-23(18-24)10-7-11-25-20-29(33,21-34-26-12-5-2-6-13-26)16-17-30(25,27)19-22-8-3-1-4-9-22/h1-6,8-9,12-15,18,25,33H,7,10-11,16-17,19-21H2,(H,31,32)/t25-,29+,30-/m0/s1. The maximum absolute atomic E-state index is 11.7. The number of para-hydroxylation sites is 1. The number of carboxylic acid groups (broad SMARTS) is 1. The SMILES string of the molecule is O=C(O)c1ccc2c(c1)CCC[C@H]1C[C@@](O)(COc3ccccc3)CC[C@@]21Cc1ccccc1.